The first-order chi connectivity index (χ1) is 9.73. The van der Waals surface area contributed by atoms with E-state index in [1.165, 1.54) is 12.8 Å². The molecule has 0 aliphatic carbocycles. The predicted molar refractivity (Wildman–Crippen MR) is 85.8 cm³/mol. The second-order valence-corrected chi connectivity index (χ2v) is 5.04. The summed E-state index contributed by atoms with van der Waals surface area (Å²) in [5, 5.41) is 0. The van der Waals surface area contributed by atoms with Gasteiger partial charge >= 0.3 is 0 Å². The van der Waals surface area contributed by atoms with E-state index >= 15 is 0 Å². The van der Waals surface area contributed by atoms with Gasteiger partial charge < -0.3 is 19.9 Å². The molecule has 1 unspecified atom stereocenters. The molecule has 1 aromatic rings. The minimum atomic E-state index is 0. The van der Waals surface area contributed by atoms with Crippen LogP contribution in [0.5, 0.6) is 17.2 Å². The molecule has 1 atom stereocenters. The van der Waals surface area contributed by atoms with Gasteiger partial charge in [0, 0.05) is 19.1 Å². The first kappa shape index (κ1) is 17.9. The number of benzene rings is 1. The lowest BCUT2D eigenvalue weighted by Gasteiger charge is -2.24. The molecule has 0 amide bonds. The number of halogens is 1. The third kappa shape index (κ3) is 3.93. The van der Waals surface area contributed by atoms with Crippen LogP contribution in [0.15, 0.2) is 12.1 Å². The largest absolute Gasteiger partial charge is 0.493 e. The van der Waals surface area contributed by atoms with E-state index in [1.54, 1.807) is 21.3 Å². The number of likely N-dealkylation sites (tertiary alicyclic amines) is 1. The van der Waals surface area contributed by atoms with E-state index in [4.69, 9.17) is 19.9 Å². The molecule has 0 spiro atoms. The molecule has 1 fully saturated rings. The number of hydrogen-bond donors (Lipinski definition) is 1. The standard InChI is InChI=1S/C15H24N2O3.ClH/c1-18-13-7-11(8-14(19-2)15(13)20-3)10-17-6-4-5-12(17)9-16;/h7-8,12H,4-6,9-10,16H2,1-3H3;1H. The van der Waals surface area contributed by atoms with Crippen molar-refractivity contribution in [2.24, 2.45) is 5.73 Å². The van der Waals surface area contributed by atoms with Crippen LogP contribution in [-0.2, 0) is 6.54 Å². The number of nitrogens with two attached hydrogens (primary N) is 1. The van der Waals surface area contributed by atoms with E-state index in [0.29, 0.717) is 29.8 Å². The van der Waals surface area contributed by atoms with Crippen LogP contribution in [0.1, 0.15) is 18.4 Å². The van der Waals surface area contributed by atoms with Crippen molar-refractivity contribution in [3.63, 3.8) is 0 Å². The monoisotopic (exact) mass is 316 g/mol. The van der Waals surface area contributed by atoms with E-state index in [0.717, 1.165) is 18.7 Å². The van der Waals surface area contributed by atoms with Crippen molar-refractivity contribution in [1.82, 2.24) is 4.90 Å². The summed E-state index contributed by atoms with van der Waals surface area (Å²) in [5.41, 5.74) is 6.98. The van der Waals surface area contributed by atoms with Crippen molar-refractivity contribution < 1.29 is 14.2 Å². The molecule has 6 heteroatoms. The first-order valence-corrected chi connectivity index (χ1v) is 6.96. The second-order valence-electron chi connectivity index (χ2n) is 5.04. The molecule has 21 heavy (non-hydrogen) atoms. The van der Waals surface area contributed by atoms with Crippen molar-refractivity contribution >= 4 is 12.4 Å². The molecule has 1 heterocycles. The van der Waals surface area contributed by atoms with Crippen molar-refractivity contribution in [2.75, 3.05) is 34.4 Å². The first-order valence-electron chi connectivity index (χ1n) is 6.96. The van der Waals surface area contributed by atoms with Crippen LogP contribution < -0.4 is 19.9 Å². The normalized spacial score (nSPS) is 18.2. The van der Waals surface area contributed by atoms with E-state index in [1.807, 2.05) is 12.1 Å². The maximum absolute atomic E-state index is 5.82. The number of methoxy groups -OCH3 is 3. The number of nitrogens with zero attached hydrogens (tertiary/aromatic N) is 1. The van der Waals surface area contributed by atoms with Crippen LogP contribution in [0.25, 0.3) is 0 Å². The van der Waals surface area contributed by atoms with Gasteiger partial charge in [-0.2, -0.15) is 0 Å². The van der Waals surface area contributed by atoms with E-state index in [9.17, 15) is 0 Å². The van der Waals surface area contributed by atoms with Crippen LogP contribution >= 0.6 is 12.4 Å². The highest BCUT2D eigenvalue weighted by Crippen LogP contribution is 2.38. The van der Waals surface area contributed by atoms with Crippen LogP contribution in [0.3, 0.4) is 0 Å². The highest BCUT2D eigenvalue weighted by molar-refractivity contribution is 5.85. The Kier molecular flexibility index (Phi) is 7.08. The zero-order chi connectivity index (χ0) is 14.5. The fourth-order valence-electron chi connectivity index (χ4n) is 2.83. The average Bonchev–Trinajstić information content (AvgIpc) is 2.93. The van der Waals surface area contributed by atoms with Gasteiger partial charge in [-0.1, -0.05) is 0 Å². The minimum absolute atomic E-state index is 0. The van der Waals surface area contributed by atoms with Gasteiger partial charge in [-0.05, 0) is 37.1 Å². The molecule has 2 N–H and O–H groups in total. The van der Waals surface area contributed by atoms with Gasteiger partial charge in [-0.15, -0.1) is 12.4 Å². The summed E-state index contributed by atoms with van der Waals surface area (Å²) in [7, 11) is 4.89. The summed E-state index contributed by atoms with van der Waals surface area (Å²) in [6.45, 7) is 2.67. The van der Waals surface area contributed by atoms with Gasteiger partial charge in [0.15, 0.2) is 11.5 Å². The fraction of sp³-hybridized carbons (Fsp3) is 0.600. The maximum atomic E-state index is 5.82. The van der Waals surface area contributed by atoms with Crippen molar-refractivity contribution in [1.29, 1.82) is 0 Å². The molecule has 1 aromatic carbocycles. The molecule has 0 aromatic heterocycles. The van der Waals surface area contributed by atoms with Gasteiger partial charge in [0.2, 0.25) is 5.75 Å². The Bertz CT molecular complexity index is 432. The summed E-state index contributed by atoms with van der Waals surface area (Å²) in [5.74, 6) is 2.03. The van der Waals surface area contributed by atoms with Crippen molar-refractivity contribution in [2.45, 2.75) is 25.4 Å². The lowest BCUT2D eigenvalue weighted by atomic mass is 10.1. The maximum Gasteiger partial charge on any atom is 0.203 e. The Balaban J connectivity index is 0.00000220. The van der Waals surface area contributed by atoms with Crippen molar-refractivity contribution in [3.05, 3.63) is 17.7 Å². The molecule has 120 valence electrons. The third-order valence-electron chi connectivity index (χ3n) is 3.88. The molecule has 0 saturated carbocycles. The Morgan fingerprint density at radius 2 is 1.76 bits per heavy atom. The molecular formula is C15H25ClN2O3. The summed E-state index contributed by atoms with van der Waals surface area (Å²) in [6.07, 6.45) is 2.40. The summed E-state index contributed by atoms with van der Waals surface area (Å²) in [6, 6.07) is 4.50. The second kappa shape index (κ2) is 8.32. The van der Waals surface area contributed by atoms with Gasteiger partial charge in [0.05, 0.1) is 21.3 Å². The predicted octanol–water partition coefficient (Wildman–Crippen LogP) is 2.06. The topological polar surface area (TPSA) is 57.0 Å². The van der Waals surface area contributed by atoms with E-state index < -0.39 is 0 Å². The van der Waals surface area contributed by atoms with Crippen molar-refractivity contribution in [3.8, 4) is 17.2 Å². The SMILES string of the molecule is COc1cc(CN2CCCC2CN)cc(OC)c1OC.Cl. The molecule has 0 radical (unpaired) electrons. The van der Waals surface area contributed by atoms with Gasteiger partial charge in [-0.25, -0.2) is 0 Å². The summed E-state index contributed by atoms with van der Waals surface area (Å²) >= 11 is 0. The Morgan fingerprint density at radius 3 is 2.24 bits per heavy atom. The fourth-order valence-corrected chi connectivity index (χ4v) is 2.83. The van der Waals surface area contributed by atoms with Crippen LogP contribution in [0.2, 0.25) is 0 Å². The van der Waals surface area contributed by atoms with Gasteiger partial charge in [0.25, 0.3) is 0 Å². The number of hydrogen-bond acceptors (Lipinski definition) is 5. The summed E-state index contributed by atoms with van der Waals surface area (Å²) < 4.78 is 16.1. The molecule has 2 rings (SSSR count). The molecule has 5 nitrogen and oxygen atoms in total. The third-order valence-corrected chi connectivity index (χ3v) is 3.88. The molecular weight excluding hydrogens is 292 g/mol. The van der Waals surface area contributed by atoms with Gasteiger partial charge in [0.1, 0.15) is 0 Å². The molecule has 0 bridgehead atoms. The van der Waals surface area contributed by atoms with Crippen LogP contribution in [-0.4, -0.2) is 45.4 Å². The quantitative estimate of drug-likeness (QED) is 0.870. The zero-order valence-corrected chi connectivity index (χ0v) is 13.7. The minimum Gasteiger partial charge on any atom is -0.493 e. The molecule has 1 aliphatic rings. The summed E-state index contributed by atoms with van der Waals surface area (Å²) in [4.78, 5) is 2.42. The Labute approximate surface area is 132 Å². The van der Waals surface area contributed by atoms with E-state index in [2.05, 4.69) is 4.90 Å². The lowest BCUT2D eigenvalue weighted by molar-refractivity contribution is 0.249. The highest BCUT2D eigenvalue weighted by Gasteiger charge is 2.24. The van der Waals surface area contributed by atoms with Crippen LogP contribution in [0.4, 0.5) is 0 Å². The molecule has 1 aliphatic heterocycles. The lowest BCUT2D eigenvalue weighted by Crippen LogP contribution is -2.34. The highest BCUT2D eigenvalue weighted by atomic mass is 35.5. The average molecular weight is 317 g/mol. The Morgan fingerprint density at radius 1 is 1.14 bits per heavy atom. The van der Waals surface area contributed by atoms with E-state index in [-0.39, 0.29) is 12.4 Å². The van der Waals surface area contributed by atoms with Crippen LogP contribution in [0, 0.1) is 0 Å². The Hall–Kier alpha value is -1.17. The number of rotatable bonds is 6. The number of ether oxygens (including phenoxy) is 3. The van der Waals surface area contributed by atoms with Gasteiger partial charge in [-0.3, -0.25) is 4.90 Å². The molecule has 1 saturated heterocycles. The zero-order valence-electron chi connectivity index (χ0n) is 12.9. The smallest absolute Gasteiger partial charge is 0.203 e.